The van der Waals surface area contributed by atoms with Crippen LogP contribution < -0.4 is 5.56 Å². The second-order valence-electron chi connectivity index (χ2n) is 8.24. The largest absolute Gasteiger partial charge is 0.507 e. The van der Waals surface area contributed by atoms with Crippen molar-refractivity contribution in [2.24, 2.45) is 0 Å². The van der Waals surface area contributed by atoms with E-state index in [1.807, 2.05) is 11.9 Å². The van der Waals surface area contributed by atoms with E-state index in [0.717, 1.165) is 30.3 Å². The molecule has 6 nitrogen and oxygen atoms in total. The van der Waals surface area contributed by atoms with Crippen LogP contribution in [0.3, 0.4) is 0 Å². The fourth-order valence-electron chi connectivity index (χ4n) is 3.74. The maximum atomic E-state index is 13.5. The van der Waals surface area contributed by atoms with E-state index in [4.69, 9.17) is 16.7 Å². The maximum absolute atomic E-state index is 13.5. The van der Waals surface area contributed by atoms with Crippen molar-refractivity contribution < 1.29 is 28.5 Å². The van der Waals surface area contributed by atoms with E-state index in [0.29, 0.717) is 19.5 Å². The van der Waals surface area contributed by atoms with Gasteiger partial charge in [0.2, 0.25) is 0 Å². The van der Waals surface area contributed by atoms with Gasteiger partial charge in [-0.15, -0.1) is 11.8 Å². The number of phenolic OH excluding ortho intramolecular Hbond substituents is 1. The van der Waals surface area contributed by atoms with Crippen LogP contribution in [0.5, 0.6) is 5.75 Å². The first-order valence-electron chi connectivity index (χ1n) is 10.9. The molecule has 0 fully saturated rings. The molecule has 0 saturated carbocycles. The smallest absolute Gasteiger partial charge is 0.416 e. The lowest BCUT2D eigenvalue weighted by Gasteiger charge is -2.21. The first kappa shape index (κ1) is 27.3. The normalized spacial score (nSPS) is 13.0. The quantitative estimate of drug-likeness (QED) is 0.223. The summed E-state index contributed by atoms with van der Waals surface area (Å²) in [5, 5.41) is 30.3. The molecule has 1 unspecified atom stereocenters. The van der Waals surface area contributed by atoms with Crippen molar-refractivity contribution in [1.29, 1.82) is 0 Å². The summed E-state index contributed by atoms with van der Waals surface area (Å²) in [5.74, 6) is -0.156. The number of H-pyrrole nitrogens is 1. The van der Waals surface area contributed by atoms with Crippen LogP contribution in [-0.2, 0) is 6.18 Å². The van der Waals surface area contributed by atoms with Crippen LogP contribution in [-0.4, -0.2) is 63.8 Å². The Morgan fingerprint density at radius 3 is 2.60 bits per heavy atom. The summed E-state index contributed by atoms with van der Waals surface area (Å²) < 4.78 is 40.4. The van der Waals surface area contributed by atoms with E-state index in [2.05, 4.69) is 4.98 Å². The number of likely N-dealkylation sites (N-methyl/N-ethyl adjacent to an activating group) is 1. The fourth-order valence-corrected chi connectivity index (χ4v) is 4.92. The van der Waals surface area contributed by atoms with Gasteiger partial charge in [-0.1, -0.05) is 11.6 Å². The molecular weight excluding hydrogens is 505 g/mol. The lowest BCUT2D eigenvalue weighted by molar-refractivity contribution is -0.137. The third-order valence-electron chi connectivity index (χ3n) is 5.42. The lowest BCUT2D eigenvalue weighted by atomic mass is 9.98. The third-order valence-corrected chi connectivity index (χ3v) is 6.88. The molecule has 2 aromatic carbocycles. The molecule has 0 aliphatic carbocycles. The number of unbranched alkanes of at least 4 members (excludes halogenated alkanes) is 1. The molecule has 1 aromatic heterocycles. The zero-order valence-electron chi connectivity index (χ0n) is 18.9. The minimum Gasteiger partial charge on any atom is -0.507 e. The molecule has 3 rings (SSSR count). The van der Waals surface area contributed by atoms with E-state index in [1.165, 1.54) is 24.3 Å². The summed E-state index contributed by atoms with van der Waals surface area (Å²) >= 11 is 7.10. The predicted octanol–water partition coefficient (Wildman–Crippen LogP) is 4.73. The van der Waals surface area contributed by atoms with Gasteiger partial charge >= 0.3 is 6.18 Å². The van der Waals surface area contributed by atoms with Crippen molar-refractivity contribution in [3.8, 4) is 16.9 Å². The highest BCUT2D eigenvalue weighted by Crippen LogP contribution is 2.42. The number of aromatic nitrogens is 1. The van der Waals surface area contributed by atoms with E-state index < -0.39 is 23.4 Å². The van der Waals surface area contributed by atoms with Crippen LogP contribution in [0.4, 0.5) is 13.2 Å². The van der Waals surface area contributed by atoms with Gasteiger partial charge in [-0.05, 0) is 62.8 Å². The van der Waals surface area contributed by atoms with Gasteiger partial charge < -0.3 is 25.2 Å². The lowest BCUT2D eigenvalue weighted by Crippen LogP contribution is -2.31. The Balaban J connectivity index is 2.04. The maximum Gasteiger partial charge on any atom is 0.416 e. The third kappa shape index (κ3) is 6.92. The average molecular weight is 531 g/mol. The van der Waals surface area contributed by atoms with Crippen LogP contribution >= 0.6 is 23.4 Å². The zero-order chi connectivity index (χ0) is 25.8. The Morgan fingerprint density at radius 1 is 1.17 bits per heavy atom. The number of nitrogens with one attached hydrogen (secondary N) is 1. The molecule has 1 heterocycles. The topological polar surface area (TPSA) is 96.8 Å². The molecule has 35 heavy (non-hydrogen) atoms. The molecule has 0 saturated heterocycles. The molecular formula is C24H26ClF3N2O4S. The number of fused-ring (bicyclic) bond motifs is 1. The summed E-state index contributed by atoms with van der Waals surface area (Å²) in [6.07, 6.45) is -4.04. The summed E-state index contributed by atoms with van der Waals surface area (Å²) in [6.45, 7) is 1.06. The standard InChI is InChI=1S/C24H26ClF3N2O4S/c1-30(8-2-3-9-31)12-16(32)13-35-22-21(18-11-15(25)5-7-20(18)33)17-10-14(24(26,27)28)4-6-19(17)29-23(22)34/h4-7,10-11,16,31-33H,2-3,8-9,12-13H2,1H3,(H,29,34). The molecule has 0 bridgehead atoms. The SMILES string of the molecule is CN(CCCCO)CC(O)CSc1c(-c2cc(Cl)ccc2O)c2cc(C(F)(F)F)ccc2[nH]c1=O. The summed E-state index contributed by atoms with van der Waals surface area (Å²) in [7, 11) is 1.82. The van der Waals surface area contributed by atoms with Gasteiger partial charge in [-0.3, -0.25) is 4.79 Å². The Labute approximate surface area is 209 Å². The molecule has 1 atom stereocenters. The van der Waals surface area contributed by atoms with Crippen LogP contribution in [0.2, 0.25) is 5.02 Å². The van der Waals surface area contributed by atoms with E-state index in [-0.39, 0.29) is 50.1 Å². The number of phenols is 1. The molecule has 0 spiro atoms. The van der Waals surface area contributed by atoms with Gasteiger partial charge in [0.05, 0.1) is 16.6 Å². The fraction of sp³-hybridized carbons (Fsp3) is 0.375. The van der Waals surface area contributed by atoms with Crippen molar-refractivity contribution in [1.82, 2.24) is 9.88 Å². The van der Waals surface area contributed by atoms with Crippen molar-refractivity contribution in [2.45, 2.75) is 30.0 Å². The van der Waals surface area contributed by atoms with Gasteiger partial charge in [0.15, 0.2) is 0 Å². The summed E-state index contributed by atoms with van der Waals surface area (Å²) in [5.41, 5.74) is -1.05. The van der Waals surface area contributed by atoms with Gasteiger partial charge in [0.1, 0.15) is 5.75 Å². The number of benzene rings is 2. The molecule has 3 aromatic rings. The van der Waals surface area contributed by atoms with Gasteiger partial charge in [-0.2, -0.15) is 13.2 Å². The predicted molar refractivity (Wildman–Crippen MR) is 132 cm³/mol. The van der Waals surface area contributed by atoms with Crippen LogP contribution in [0.25, 0.3) is 22.0 Å². The first-order valence-corrected chi connectivity index (χ1v) is 12.2. The number of aliphatic hydroxyl groups is 2. The monoisotopic (exact) mass is 530 g/mol. The number of nitrogens with zero attached hydrogens (tertiary/aromatic N) is 1. The number of aromatic hydroxyl groups is 1. The minimum atomic E-state index is -4.61. The molecule has 0 aliphatic heterocycles. The molecule has 0 amide bonds. The average Bonchev–Trinajstić information content (AvgIpc) is 2.78. The summed E-state index contributed by atoms with van der Waals surface area (Å²) in [6, 6.07) is 7.11. The van der Waals surface area contributed by atoms with Crippen molar-refractivity contribution >= 4 is 34.3 Å². The molecule has 4 N–H and O–H groups in total. The Hall–Kier alpha value is -2.24. The van der Waals surface area contributed by atoms with E-state index >= 15 is 0 Å². The van der Waals surface area contributed by atoms with Crippen LogP contribution in [0.15, 0.2) is 46.1 Å². The van der Waals surface area contributed by atoms with Gasteiger partial charge in [0.25, 0.3) is 5.56 Å². The van der Waals surface area contributed by atoms with E-state index in [1.54, 1.807) is 0 Å². The second-order valence-corrected chi connectivity index (χ2v) is 9.70. The Bertz CT molecular complexity index is 1240. The Morgan fingerprint density at radius 2 is 1.91 bits per heavy atom. The highest BCUT2D eigenvalue weighted by atomic mass is 35.5. The zero-order valence-corrected chi connectivity index (χ0v) is 20.5. The molecule has 190 valence electrons. The summed E-state index contributed by atoms with van der Waals surface area (Å²) in [4.78, 5) is 17.6. The minimum absolute atomic E-state index is 0.0661. The van der Waals surface area contributed by atoms with Crippen LogP contribution in [0.1, 0.15) is 18.4 Å². The molecule has 0 aliphatic rings. The van der Waals surface area contributed by atoms with Gasteiger partial charge in [0, 0.05) is 46.0 Å². The number of hydrogen-bond acceptors (Lipinski definition) is 6. The van der Waals surface area contributed by atoms with Crippen LogP contribution in [0, 0.1) is 0 Å². The number of thioether (sulfide) groups is 1. The number of hydrogen-bond donors (Lipinski definition) is 4. The number of aromatic amines is 1. The highest BCUT2D eigenvalue weighted by Gasteiger charge is 2.31. The number of pyridine rings is 1. The number of alkyl halides is 3. The van der Waals surface area contributed by atoms with Gasteiger partial charge in [-0.25, -0.2) is 0 Å². The van der Waals surface area contributed by atoms with Crippen molar-refractivity contribution in [2.75, 3.05) is 32.5 Å². The molecule has 11 heteroatoms. The first-order chi connectivity index (χ1) is 16.5. The van der Waals surface area contributed by atoms with Crippen molar-refractivity contribution in [3.05, 3.63) is 57.3 Å². The van der Waals surface area contributed by atoms with E-state index in [9.17, 15) is 28.2 Å². The Kier molecular flexibility index (Phi) is 9.11. The number of rotatable bonds is 10. The molecule has 0 radical (unpaired) electrons. The number of aliphatic hydroxyl groups excluding tert-OH is 2. The number of halogens is 4. The second kappa shape index (κ2) is 11.7. The van der Waals surface area contributed by atoms with Crippen molar-refractivity contribution in [3.63, 3.8) is 0 Å². The highest BCUT2D eigenvalue weighted by molar-refractivity contribution is 7.99.